The largest absolute Gasteiger partial charge is 0.381 e. The van der Waals surface area contributed by atoms with E-state index in [9.17, 15) is 0 Å². The fourth-order valence-electron chi connectivity index (χ4n) is 2.42. The van der Waals surface area contributed by atoms with Crippen LogP contribution in [0.4, 0.5) is 0 Å². The molecule has 0 saturated heterocycles. The van der Waals surface area contributed by atoms with E-state index in [1.807, 2.05) is 0 Å². The number of fused-ring (bicyclic) bond motifs is 1. The first-order valence-electron chi connectivity index (χ1n) is 7.68. The molecule has 106 valence electrons. The lowest BCUT2D eigenvalue weighted by Crippen LogP contribution is -2.16. The van der Waals surface area contributed by atoms with Gasteiger partial charge < -0.3 is 10.1 Å². The maximum absolute atomic E-state index is 5.63. The van der Waals surface area contributed by atoms with Gasteiger partial charge in [0.2, 0.25) is 0 Å². The normalized spacial score (nSPS) is 14.8. The highest BCUT2D eigenvalue weighted by Gasteiger charge is 2.20. The lowest BCUT2D eigenvalue weighted by molar-refractivity contribution is 0.122. The minimum atomic E-state index is 0.876. The summed E-state index contributed by atoms with van der Waals surface area (Å²) in [5, 5.41) is 6.12. The minimum Gasteiger partial charge on any atom is -0.381 e. The van der Waals surface area contributed by atoms with Crippen molar-refractivity contribution in [2.24, 2.45) is 5.92 Å². The van der Waals surface area contributed by atoms with E-state index >= 15 is 0 Å². The number of nitrogens with one attached hydrogen (secondary N) is 1. The Bertz CT molecular complexity index is 548. The van der Waals surface area contributed by atoms with Gasteiger partial charge in [0.15, 0.2) is 0 Å². The van der Waals surface area contributed by atoms with Gasteiger partial charge in [-0.1, -0.05) is 36.4 Å². The first-order valence-corrected chi connectivity index (χ1v) is 7.68. The molecule has 2 aromatic carbocycles. The lowest BCUT2D eigenvalue weighted by atomic mass is 10.1. The molecule has 2 aromatic rings. The average molecular weight is 269 g/mol. The van der Waals surface area contributed by atoms with E-state index in [-0.39, 0.29) is 0 Å². The Morgan fingerprint density at radius 3 is 2.75 bits per heavy atom. The molecule has 1 aliphatic rings. The molecule has 0 bridgehead atoms. The van der Waals surface area contributed by atoms with Gasteiger partial charge >= 0.3 is 0 Å². The monoisotopic (exact) mass is 269 g/mol. The summed E-state index contributed by atoms with van der Waals surface area (Å²) in [6.07, 6.45) is 3.85. The highest BCUT2D eigenvalue weighted by atomic mass is 16.5. The van der Waals surface area contributed by atoms with Gasteiger partial charge in [0.1, 0.15) is 0 Å². The number of hydrogen-bond acceptors (Lipinski definition) is 2. The van der Waals surface area contributed by atoms with E-state index < -0.39 is 0 Å². The molecule has 2 heteroatoms. The van der Waals surface area contributed by atoms with Crippen molar-refractivity contribution in [2.75, 3.05) is 19.8 Å². The molecular weight excluding hydrogens is 246 g/mol. The van der Waals surface area contributed by atoms with Gasteiger partial charge in [-0.2, -0.15) is 0 Å². The summed E-state index contributed by atoms with van der Waals surface area (Å²) in [7, 11) is 0. The van der Waals surface area contributed by atoms with Crippen LogP contribution in [0, 0.1) is 5.92 Å². The Morgan fingerprint density at radius 2 is 1.90 bits per heavy atom. The van der Waals surface area contributed by atoms with E-state index in [2.05, 4.69) is 47.8 Å². The summed E-state index contributed by atoms with van der Waals surface area (Å²) in [6, 6.07) is 15.2. The van der Waals surface area contributed by atoms with Crippen LogP contribution in [0.5, 0.6) is 0 Å². The van der Waals surface area contributed by atoms with Crippen LogP contribution in [0.25, 0.3) is 10.8 Å². The fraction of sp³-hybridized carbons (Fsp3) is 0.444. The number of ether oxygens (including phenoxy) is 1. The van der Waals surface area contributed by atoms with E-state index in [0.29, 0.717) is 0 Å². The van der Waals surface area contributed by atoms with Crippen molar-refractivity contribution in [1.82, 2.24) is 5.32 Å². The standard InChI is InChI=1S/C18H23NO/c1-2-5-18-12-16(8-9-17(18)4-1)13-19-10-3-11-20-14-15-6-7-15/h1-2,4-5,8-9,12,15,19H,3,6-7,10-11,13-14H2. The van der Waals surface area contributed by atoms with Gasteiger partial charge in [-0.3, -0.25) is 0 Å². The molecule has 3 rings (SSSR count). The van der Waals surface area contributed by atoms with Gasteiger partial charge in [0, 0.05) is 19.8 Å². The Hall–Kier alpha value is -1.38. The zero-order valence-electron chi connectivity index (χ0n) is 12.0. The Morgan fingerprint density at radius 1 is 1.05 bits per heavy atom. The predicted octanol–water partition coefficient (Wildman–Crippen LogP) is 3.75. The Kier molecular flexibility index (Phi) is 4.67. The van der Waals surface area contributed by atoms with Crippen LogP contribution in [0.3, 0.4) is 0 Å². The fourth-order valence-corrected chi connectivity index (χ4v) is 2.42. The highest BCUT2D eigenvalue weighted by molar-refractivity contribution is 5.82. The van der Waals surface area contributed by atoms with E-state index in [1.54, 1.807) is 0 Å². The molecular formula is C18H23NO. The summed E-state index contributed by atoms with van der Waals surface area (Å²) in [6.45, 7) is 3.83. The molecule has 1 N–H and O–H groups in total. The zero-order valence-corrected chi connectivity index (χ0v) is 12.0. The average Bonchev–Trinajstić information content (AvgIpc) is 3.30. The summed E-state index contributed by atoms with van der Waals surface area (Å²) in [4.78, 5) is 0. The second kappa shape index (κ2) is 6.87. The summed E-state index contributed by atoms with van der Waals surface area (Å²) in [5.74, 6) is 0.876. The molecule has 0 spiro atoms. The quantitative estimate of drug-likeness (QED) is 0.737. The molecule has 0 aromatic heterocycles. The first-order chi connectivity index (χ1) is 9.92. The van der Waals surface area contributed by atoms with Crippen molar-refractivity contribution in [3.05, 3.63) is 48.0 Å². The number of rotatable bonds is 8. The number of benzene rings is 2. The van der Waals surface area contributed by atoms with Crippen molar-refractivity contribution in [3.8, 4) is 0 Å². The van der Waals surface area contributed by atoms with Crippen LogP contribution in [0.2, 0.25) is 0 Å². The van der Waals surface area contributed by atoms with Crippen LogP contribution in [0.15, 0.2) is 42.5 Å². The third-order valence-corrected chi connectivity index (χ3v) is 3.84. The van der Waals surface area contributed by atoms with Crippen LogP contribution in [0.1, 0.15) is 24.8 Å². The van der Waals surface area contributed by atoms with Crippen molar-refractivity contribution in [3.63, 3.8) is 0 Å². The summed E-state index contributed by atoms with van der Waals surface area (Å²) < 4.78 is 5.63. The van der Waals surface area contributed by atoms with E-state index in [0.717, 1.165) is 38.6 Å². The van der Waals surface area contributed by atoms with Gasteiger partial charge in [-0.05, 0) is 54.1 Å². The zero-order chi connectivity index (χ0) is 13.6. The lowest BCUT2D eigenvalue weighted by Gasteiger charge is -2.07. The van der Waals surface area contributed by atoms with Crippen molar-refractivity contribution >= 4 is 10.8 Å². The molecule has 0 unspecified atom stereocenters. The molecule has 20 heavy (non-hydrogen) atoms. The van der Waals surface area contributed by atoms with Crippen LogP contribution >= 0.6 is 0 Å². The molecule has 0 radical (unpaired) electrons. The Balaban J connectivity index is 1.36. The molecule has 1 saturated carbocycles. The molecule has 0 atom stereocenters. The second-order valence-corrected chi connectivity index (χ2v) is 5.73. The van der Waals surface area contributed by atoms with E-state index in [4.69, 9.17) is 4.74 Å². The third kappa shape index (κ3) is 4.06. The molecule has 1 fully saturated rings. The summed E-state index contributed by atoms with van der Waals surface area (Å²) in [5.41, 5.74) is 1.35. The topological polar surface area (TPSA) is 21.3 Å². The molecule has 0 aliphatic heterocycles. The van der Waals surface area contributed by atoms with Crippen LogP contribution in [-0.4, -0.2) is 19.8 Å². The third-order valence-electron chi connectivity index (χ3n) is 3.84. The maximum Gasteiger partial charge on any atom is 0.0494 e. The smallest absolute Gasteiger partial charge is 0.0494 e. The van der Waals surface area contributed by atoms with Gasteiger partial charge in [-0.15, -0.1) is 0 Å². The van der Waals surface area contributed by atoms with Crippen LogP contribution < -0.4 is 5.32 Å². The maximum atomic E-state index is 5.63. The SMILES string of the molecule is c1ccc2cc(CNCCCOCC3CC3)ccc2c1. The van der Waals surface area contributed by atoms with Gasteiger partial charge in [0.05, 0.1) is 0 Å². The summed E-state index contributed by atoms with van der Waals surface area (Å²) >= 11 is 0. The molecule has 0 amide bonds. The highest BCUT2D eigenvalue weighted by Crippen LogP contribution is 2.28. The minimum absolute atomic E-state index is 0.876. The van der Waals surface area contributed by atoms with Gasteiger partial charge in [0.25, 0.3) is 0 Å². The molecule has 1 aliphatic carbocycles. The first kappa shape index (κ1) is 13.6. The predicted molar refractivity (Wildman–Crippen MR) is 83.8 cm³/mol. The van der Waals surface area contributed by atoms with Crippen molar-refractivity contribution < 1.29 is 4.74 Å². The second-order valence-electron chi connectivity index (χ2n) is 5.73. The van der Waals surface area contributed by atoms with Crippen molar-refractivity contribution in [2.45, 2.75) is 25.8 Å². The van der Waals surface area contributed by atoms with Crippen LogP contribution in [-0.2, 0) is 11.3 Å². The number of hydrogen-bond donors (Lipinski definition) is 1. The van der Waals surface area contributed by atoms with Gasteiger partial charge in [-0.25, -0.2) is 0 Å². The molecule has 2 nitrogen and oxygen atoms in total. The van der Waals surface area contributed by atoms with Crippen molar-refractivity contribution in [1.29, 1.82) is 0 Å². The molecule has 0 heterocycles. The Labute approximate surface area is 121 Å². The van der Waals surface area contributed by atoms with E-state index in [1.165, 1.54) is 29.2 Å².